The van der Waals surface area contributed by atoms with E-state index in [0.29, 0.717) is 12.2 Å². The van der Waals surface area contributed by atoms with Crippen LogP contribution in [0.15, 0.2) is 0 Å². The van der Waals surface area contributed by atoms with E-state index in [1.165, 1.54) is 25.7 Å². The summed E-state index contributed by atoms with van der Waals surface area (Å²) >= 11 is 2.41. The highest BCUT2D eigenvalue weighted by Crippen LogP contribution is 2.19. The molecule has 60 valence electrons. The normalized spacial score (nSPS) is 35.4. The van der Waals surface area contributed by atoms with Crippen molar-refractivity contribution in [3.05, 3.63) is 0 Å². The SMILES string of the molecule is C[C@H]1CCCC[C@H](CI)O1. The molecule has 1 saturated heterocycles. The van der Waals surface area contributed by atoms with E-state index in [9.17, 15) is 0 Å². The maximum absolute atomic E-state index is 5.75. The third-order valence-electron chi connectivity index (χ3n) is 1.98. The van der Waals surface area contributed by atoms with E-state index in [0.717, 1.165) is 4.43 Å². The summed E-state index contributed by atoms with van der Waals surface area (Å²) in [6.07, 6.45) is 6.28. The zero-order valence-electron chi connectivity index (χ0n) is 6.48. The van der Waals surface area contributed by atoms with Crippen molar-refractivity contribution < 1.29 is 4.74 Å². The number of hydrogen-bond acceptors (Lipinski definition) is 1. The van der Waals surface area contributed by atoms with E-state index < -0.39 is 0 Å². The van der Waals surface area contributed by atoms with Gasteiger partial charge in [-0.1, -0.05) is 35.4 Å². The molecule has 0 unspecified atom stereocenters. The quantitative estimate of drug-likeness (QED) is 0.516. The molecule has 0 aromatic carbocycles. The fraction of sp³-hybridized carbons (Fsp3) is 1.00. The van der Waals surface area contributed by atoms with Crippen LogP contribution in [-0.2, 0) is 4.74 Å². The summed E-state index contributed by atoms with van der Waals surface area (Å²) in [5, 5.41) is 0. The molecule has 0 bridgehead atoms. The van der Waals surface area contributed by atoms with Gasteiger partial charge in [-0.2, -0.15) is 0 Å². The standard InChI is InChI=1S/C8H15IO/c1-7-4-2-3-5-8(6-9)10-7/h7-8H,2-6H2,1H3/t7-,8+/m0/s1. The van der Waals surface area contributed by atoms with Crippen LogP contribution < -0.4 is 0 Å². The molecular weight excluding hydrogens is 239 g/mol. The monoisotopic (exact) mass is 254 g/mol. The van der Waals surface area contributed by atoms with Crippen molar-refractivity contribution >= 4 is 22.6 Å². The van der Waals surface area contributed by atoms with Gasteiger partial charge in [0.2, 0.25) is 0 Å². The Bertz CT molecular complexity index is 95.3. The number of rotatable bonds is 1. The molecule has 1 nitrogen and oxygen atoms in total. The Morgan fingerprint density at radius 3 is 2.80 bits per heavy atom. The summed E-state index contributed by atoms with van der Waals surface area (Å²) in [5.41, 5.74) is 0. The minimum absolute atomic E-state index is 0.502. The summed E-state index contributed by atoms with van der Waals surface area (Å²) in [7, 11) is 0. The lowest BCUT2D eigenvalue weighted by Gasteiger charge is -2.15. The van der Waals surface area contributed by atoms with Gasteiger partial charge in [-0.3, -0.25) is 0 Å². The van der Waals surface area contributed by atoms with Gasteiger partial charge in [0, 0.05) is 4.43 Å². The molecular formula is C8H15IO. The molecule has 1 aliphatic heterocycles. The lowest BCUT2D eigenvalue weighted by molar-refractivity contribution is 0.0173. The van der Waals surface area contributed by atoms with Crippen molar-refractivity contribution in [2.75, 3.05) is 4.43 Å². The number of ether oxygens (including phenoxy) is 1. The van der Waals surface area contributed by atoms with Crippen LogP contribution in [0.25, 0.3) is 0 Å². The van der Waals surface area contributed by atoms with Gasteiger partial charge in [0.15, 0.2) is 0 Å². The van der Waals surface area contributed by atoms with Crippen molar-refractivity contribution in [3.8, 4) is 0 Å². The van der Waals surface area contributed by atoms with E-state index in [1.54, 1.807) is 0 Å². The number of hydrogen-bond donors (Lipinski definition) is 0. The highest BCUT2D eigenvalue weighted by Gasteiger charge is 2.15. The predicted molar refractivity (Wildman–Crippen MR) is 51.7 cm³/mol. The first kappa shape index (κ1) is 8.78. The maximum atomic E-state index is 5.75. The highest BCUT2D eigenvalue weighted by molar-refractivity contribution is 14.1. The third-order valence-corrected chi connectivity index (χ3v) is 2.97. The molecule has 2 atom stereocenters. The minimum atomic E-state index is 0.502. The third kappa shape index (κ3) is 2.74. The first-order chi connectivity index (χ1) is 4.83. The van der Waals surface area contributed by atoms with Gasteiger partial charge in [-0.15, -0.1) is 0 Å². The fourth-order valence-electron chi connectivity index (χ4n) is 1.38. The summed E-state index contributed by atoms with van der Waals surface area (Å²) in [6, 6.07) is 0. The highest BCUT2D eigenvalue weighted by atomic mass is 127. The van der Waals surface area contributed by atoms with Crippen LogP contribution in [-0.4, -0.2) is 16.6 Å². The van der Waals surface area contributed by atoms with Crippen LogP contribution in [0.2, 0.25) is 0 Å². The first-order valence-corrected chi connectivity index (χ1v) is 5.57. The van der Waals surface area contributed by atoms with Gasteiger partial charge in [0.25, 0.3) is 0 Å². The molecule has 0 spiro atoms. The largest absolute Gasteiger partial charge is 0.374 e. The second kappa shape index (κ2) is 4.54. The van der Waals surface area contributed by atoms with Crippen molar-refractivity contribution in [2.45, 2.75) is 44.8 Å². The summed E-state index contributed by atoms with van der Waals surface area (Å²) in [5.74, 6) is 0. The van der Waals surface area contributed by atoms with Gasteiger partial charge in [-0.05, 0) is 19.8 Å². The molecule has 0 aromatic heterocycles. The van der Waals surface area contributed by atoms with Crippen molar-refractivity contribution in [1.29, 1.82) is 0 Å². The molecule has 0 radical (unpaired) electrons. The molecule has 0 aliphatic carbocycles. The molecule has 1 heterocycles. The second-order valence-corrected chi connectivity index (χ2v) is 3.89. The van der Waals surface area contributed by atoms with Crippen LogP contribution >= 0.6 is 22.6 Å². The van der Waals surface area contributed by atoms with Gasteiger partial charge >= 0.3 is 0 Å². The molecule has 2 heteroatoms. The van der Waals surface area contributed by atoms with Crippen LogP contribution in [0, 0.1) is 0 Å². The Hall–Kier alpha value is 0.690. The Balaban J connectivity index is 2.30. The Morgan fingerprint density at radius 2 is 2.10 bits per heavy atom. The van der Waals surface area contributed by atoms with E-state index in [4.69, 9.17) is 4.74 Å². The average Bonchev–Trinajstić information content (AvgIpc) is 2.13. The Morgan fingerprint density at radius 1 is 1.40 bits per heavy atom. The van der Waals surface area contributed by atoms with Crippen LogP contribution in [0.1, 0.15) is 32.6 Å². The van der Waals surface area contributed by atoms with Gasteiger partial charge < -0.3 is 4.74 Å². The fourth-order valence-corrected chi connectivity index (χ4v) is 2.03. The Kier molecular flexibility index (Phi) is 3.99. The van der Waals surface area contributed by atoms with E-state index in [-0.39, 0.29) is 0 Å². The maximum Gasteiger partial charge on any atom is 0.0668 e. The second-order valence-electron chi connectivity index (χ2n) is 3.01. The summed E-state index contributed by atoms with van der Waals surface area (Å²) in [6.45, 7) is 2.19. The van der Waals surface area contributed by atoms with Gasteiger partial charge in [-0.25, -0.2) is 0 Å². The summed E-state index contributed by atoms with van der Waals surface area (Å²) in [4.78, 5) is 0. The van der Waals surface area contributed by atoms with E-state index >= 15 is 0 Å². The van der Waals surface area contributed by atoms with Crippen molar-refractivity contribution in [3.63, 3.8) is 0 Å². The minimum Gasteiger partial charge on any atom is -0.374 e. The van der Waals surface area contributed by atoms with E-state index in [2.05, 4.69) is 29.5 Å². The van der Waals surface area contributed by atoms with E-state index in [1.807, 2.05) is 0 Å². The summed E-state index contributed by atoms with van der Waals surface area (Å²) < 4.78 is 6.91. The Labute approximate surface area is 76.7 Å². The zero-order chi connectivity index (χ0) is 7.40. The number of alkyl halides is 1. The molecule has 0 amide bonds. The molecule has 1 fully saturated rings. The predicted octanol–water partition coefficient (Wildman–Crippen LogP) is 2.77. The van der Waals surface area contributed by atoms with Crippen LogP contribution in [0.3, 0.4) is 0 Å². The zero-order valence-corrected chi connectivity index (χ0v) is 8.63. The van der Waals surface area contributed by atoms with Crippen LogP contribution in [0.4, 0.5) is 0 Å². The topological polar surface area (TPSA) is 9.23 Å². The smallest absolute Gasteiger partial charge is 0.0668 e. The molecule has 0 saturated carbocycles. The lowest BCUT2D eigenvalue weighted by Crippen LogP contribution is -2.18. The average molecular weight is 254 g/mol. The van der Waals surface area contributed by atoms with Crippen molar-refractivity contribution in [1.82, 2.24) is 0 Å². The van der Waals surface area contributed by atoms with Gasteiger partial charge in [0.1, 0.15) is 0 Å². The van der Waals surface area contributed by atoms with Crippen molar-refractivity contribution in [2.24, 2.45) is 0 Å². The number of halogens is 1. The first-order valence-electron chi connectivity index (χ1n) is 4.04. The molecule has 0 aromatic rings. The molecule has 1 aliphatic rings. The van der Waals surface area contributed by atoms with Crippen LogP contribution in [0.5, 0.6) is 0 Å². The molecule has 0 N–H and O–H groups in total. The molecule has 10 heavy (non-hydrogen) atoms. The lowest BCUT2D eigenvalue weighted by atomic mass is 10.1. The van der Waals surface area contributed by atoms with Gasteiger partial charge in [0.05, 0.1) is 12.2 Å². The molecule has 1 rings (SSSR count).